The van der Waals surface area contributed by atoms with Crippen molar-refractivity contribution in [2.75, 3.05) is 12.4 Å². The molecule has 3 rings (SSSR count). The van der Waals surface area contributed by atoms with Crippen molar-refractivity contribution in [2.24, 2.45) is 0 Å². The van der Waals surface area contributed by atoms with Crippen LogP contribution >= 0.6 is 11.6 Å². The number of aromatic nitrogens is 3. The molecule has 2 heterocycles. The van der Waals surface area contributed by atoms with Crippen LogP contribution in [0.2, 0.25) is 5.02 Å². The molecule has 21 heavy (non-hydrogen) atoms. The van der Waals surface area contributed by atoms with Crippen LogP contribution in [-0.4, -0.2) is 21.6 Å². The van der Waals surface area contributed by atoms with E-state index in [1.54, 1.807) is 23.7 Å². The van der Waals surface area contributed by atoms with E-state index in [1.165, 1.54) is 6.20 Å². The zero-order chi connectivity index (χ0) is 14.8. The number of pyridine rings is 1. The summed E-state index contributed by atoms with van der Waals surface area (Å²) in [5, 5.41) is 3.49. The summed E-state index contributed by atoms with van der Waals surface area (Å²) in [6, 6.07) is 11.0. The van der Waals surface area contributed by atoms with Crippen LogP contribution < -0.4 is 10.9 Å². The van der Waals surface area contributed by atoms with Gasteiger partial charge >= 0.3 is 0 Å². The lowest BCUT2D eigenvalue weighted by molar-refractivity contribution is 0.765. The number of para-hydroxylation sites is 2. The zero-order valence-corrected chi connectivity index (χ0v) is 12.1. The third-order valence-electron chi connectivity index (χ3n) is 3.24. The van der Waals surface area contributed by atoms with E-state index in [0.29, 0.717) is 23.1 Å². The number of nitrogens with zero attached hydrogens (tertiary/aromatic N) is 3. The Kier molecular flexibility index (Phi) is 3.58. The van der Waals surface area contributed by atoms with Crippen LogP contribution in [0.5, 0.6) is 0 Å². The molecule has 0 unspecified atom stereocenters. The standard InChI is InChI=1S/C15H13ClN4O/c1-17-14-7-6-10(16)12(19-14)9-20-13-5-3-2-4-11(13)18-8-15(20)21/h2-8H,9H2,1H3,(H,17,19). The predicted octanol–water partition coefficient (Wildman–Crippen LogP) is 2.53. The highest BCUT2D eigenvalue weighted by atomic mass is 35.5. The fourth-order valence-corrected chi connectivity index (χ4v) is 2.33. The lowest BCUT2D eigenvalue weighted by Gasteiger charge is -2.11. The van der Waals surface area contributed by atoms with Gasteiger partial charge in [0.25, 0.3) is 5.56 Å². The van der Waals surface area contributed by atoms with Gasteiger partial charge in [-0.3, -0.25) is 9.36 Å². The first-order valence-corrected chi connectivity index (χ1v) is 6.84. The van der Waals surface area contributed by atoms with Crippen molar-refractivity contribution in [3.63, 3.8) is 0 Å². The Balaban J connectivity index is 2.14. The zero-order valence-electron chi connectivity index (χ0n) is 11.4. The van der Waals surface area contributed by atoms with Gasteiger partial charge in [-0.1, -0.05) is 23.7 Å². The second-order valence-electron chi connectivity index (χ2n) is 4.55. The quantitative estimate of drug-likeness (QED) is 0.807. The normalized spacial score (nSPS) is 10.8. The van der Waals surface area contributed by atoms with Crippen LogP contribution in [0.1, 0.15) is 5.69 Å². The van der Waals surface area contributed by atoms with Crippen LogP contribution in [0.3, 0.4) is 0 Å². The third kappa shape index (κ3) is 2.60. The SMILES string of the molecule is CNc1ccc(Cl)c(Cn2c(=O)cnc3ccccc32)n1. The number of halogens is 1. The molecule has 5 nitrogen and oxygen atoms in total. The summed E-state index contributed by atoms with van der Waals surface area (Å²) in [7, 11) is 1.79. The first-order valence-electron chi connectivity index (χ1n) is 6.47. The van der Waals surface area contributed by atoms with Crippen LogP contribution in [0.15, 0.2) is 47.4 Å². The van der Waals surface area contributed by atoms with E-state index in [9.17, 15) is 4.79 Å². The van der Waals surface area contributed by atoms with Crippen molar-refractivity contribution in [3.8, 4) is 0 Å². The van der Waals surface area contributed by atoms with Crippen molar-refractivity contribution in [2.45, 2.75) is 6.54 Å². The van der Waals surface area contributed by atoms with Gasteiger partial charge in [0.1, 0.15) is 5.82 Å². The van der Waals surface area contributed by atoms with Crippen LogP contribution in [0.4, 0.5) is 5.82 Å². The van der Waals surface area contributed by atoms with Gasteiger partial charge in [-0.15, -0.1) is 0 Å². The van der Waals surface area contributed by atoms with Crippen molar-refractivity contribution in [1.29, 1.82) is 0 Å². The largest absolute Gasteiger partial charge is 0.373 e. The smallest absolute Gasteiger partial charge is 0.269 e. The molecule has 0 aliphatic carbocycles. The predicted molar refractivity (Wildman–Crippen MR) is 83.9 cm³/mol. The molecular formula is C15H13ClN4O. The van der Waals surface area contributed by atoms with E-state index in [-0.39, 0.29) is 5.56 Å². The Bertz CT molecular complexity index is 860. The average molecular weight is 301 g/mol. The highest BCUT2D eigenvalue weighted by molar-refractivity contribution is 6.31. The molecule has 106 valence electrons. The van der Waals surface area contributed by atoms with E-state index >= 15 is 0 Å². The highest BCUT2D eigenvalue weighted by Gasteiger charge is 2.09. The second-order valence-corrected chi connectivity index (χ2v) is 4.95. The molecule has 0 atom stereocenters. The minimum atomic E-state index is -0.179. The lowest BCUT2D eigenvalue weighted by atomic mass is 10.2. The van der Waals surface area contributed by atoms with Gasteiger partial charge in [-0.05, 0) is 24.3 Å². The molecule has 0 fully saturated rings. The van der Waals surface area contributed by atoms with Crippen molar-refractivity contribution < 1.29 is 0 Å². The van der Waals surface area contributed by atoms with Crippen LogP contribution in [-0.2, 0) is 6.54 Å². The summed E-state index contributed by atoms with van der Waals surface area (Å²) < 4.78 is 1.62. The molecule has 0 radical (unpaired) electrons. The molecule has 1 aromatic carbocycles. The maximum absolute atomic E-state index is 12.1. The molecule has 2 aromatic heterocycles. The number of rotatable bonds is 3. The van der Waals surface area contributed by atoms with Gasteiger partial charge in [0.15, 0.2) is 0 Å². The molecule has 0 aliphatic heterocycles. The maximum atomic E-state index is 12.1. The highest BCUT2D eigenvalue weighted by Crippen LogP contribution is 2.18. The van der Waals surface area contributed by atoms with Crippen LogP contribution in [0.25, 0.3) is 11.0 Å². The Morgan fingerprint density at radius 2 is 2.05 bits per heavy atom. The van der Waals surface area contributed by atoms with Gasteiger partial charge in [0.2, 0.25) is 0 Å². The number of benzene rings is 1. The molecule has 0 amide bonds. The third-order valence-corrected chi connectivity index (χ3v) is 3.58. The summed E-state index contributed by atoms with van der Waals surface area (Å²) in [5.41, 5.74) is 1.99. The molecule has 0 bridgehead atoms. The second kappa shape index (κ2) is 5.54. The number of fused-ring (bicyclic) bond motifs is 1. The summed E-state index contributed by atoms with van der Waals surface area (Å²) in [4.78, 5) is 20.7. The molecule has 6 heteroatoms. The topological polar surface area (TPSA) is 59.8 Å². The van der Waals surface area contributed by atoms with E-state index in [4.69, 9.17) is 11.6 Å². The minimum absolute atomic E-state index is 0.179. The van der Waals surface area contributed by atoms with Gasteiger partial charge in [0, 0.05) is 7.05 Å². The Morgan fingerprint density at radius 1 is 1.24 bits per heavy atom. The van der Waals surface area contributed by atoms with E-state index in [0.717, 1.165) is 11.0 Å². The van der Waals surface area contributed by atoms with E-state index < -0.39 is 0 Å². The van der Waals surface area contributed by atoms with Crippen LogP contribution in [0, 0.1) is 0 Å². The summed E-state index contributed by atoms with van der Waals surface area (Å²) in [5.74, 6) is 0.709. The summed E-state index contributed by atoms with van der Waals surface area (Å²) in [6.07, 6.45) is 1.32. The average Bonchev–Trinajstić information content (AvgIpc) is 2.52. The summed E-state index contributed by atoms with van der Waals surface area (Å²) >= 11 is 6.19. The Hall–Kier alpha value is -2.40. The summed E-state index contributed by atoms with van der Waals surface area (Å²) in [6.45, 7) is 0.302. The van der Waals surface area contributed by atoms with Gasteiger partial charge in [-0.25, -0.2) is 9.97 Å². The van der Waals surface area contributed by atoms with Gasteiger partial charge < -0.3 is 5.32 Å². The molecular weight excluding hydrogens is 288 g/mol. The number of hydrogen-bond acceptors (Lipinski definition) is 4. The molecule has 0 spiro atoms. The molecule has 3 aromatic rings. The molecule has 0 saturated carbocycles. The van der Waals surface area contributed by atoms with Crippen molar-refractivity contribution >= 4 is 28.5 Å². The fraction of sp³-hybridized carbons (Fsp3) is 0.133. The maximum Gasteiger partial charge on any atom is 0.269 e. The van der Waals surface area contributed by atoms with E-state index in [1.807, 2.05) is 24.3 Å². The van der Waals surface area contributed by atoms with Gasteiger partial charge in [0.05, 0.1) is 34.5 Å². The van der Waals surface area contributed by atoms with Gasteiger partial charge in [-0.2, -0.15) is 0 Å². The number of anilines is 1. The molecule has 0 aliphatic rings. The van der Waals surface area contributed by atoms with E-state index in [2.05, 4.69) is 15.3 Å². The first kappa shape index (κ1) is 13.6. The monoisotopic (exact) mass is 300 g/mol. The minimum Gasteiger partial charge on any atom is -0.373 e. The first-order chi connectivity index (χ1) is 10.2. The Morgan fingerprint density at radius 3 is 2.86 bits per heavy atom. The number of hydrogen-bond donors (Lipinski definition) is 1. The Labute approximate surface area is 126 Å². The van der Waals surface area contributed by atoms with Crippen molar-refractivity contribution in [1.82, 2.24) is 14.5 Å². The van der Waals surface area contributed by atoms with Crippen molar-refractivity contribution in [3.05, 3.63) is 63.7 Å². The molecule has 1 N–H and O–H groups in total. The molecule has 0 saturated heterocycles. The lowest BCUT2D eigenvalue weighted by Crippen LogP contribution is -2.21. The number of nitrogens with one attached hydrogen (secondary N) is 1. The fourth-order valence-electron chi connectivity index (χ4n) is 2.16.